The number of fused-ring (bicyclic) bond motifs is 3. The van der Waals surface area contributed by atoms with Crippen LogP contribution in [-0.4, -0.2) is 21.4 Å². The molecule has 0 bridgehead atoms. The highest BCUT2D eigenvalue weighted by Gasteiger charge is 2.22. The molecule has 1 aliphatic rings. The van der Waals surface area contributed by atoms with Crippen molar-refractivity contribution in [2.75, 3.05) is 6.61 Å². The summed E-state index contributed by atoms with van der Waals surface area (Å²) in [6, 6.07) is 16.4. The van der Waals surface area contributed by atoms with Crippen LogP contribution >= 0.6 is 0 Å². The minimum absolute atomic E-state index is 0.762. The minimum Gasteiger partial charge on any atom is -0.494 e. The van der Waals surface area contributed by atoms with Crippen LogP contribution in [-0.2, 0) is 6.54 Å². The Hall–Kier alpha value is -2.62. The standard InChI is InChI=1S/C20H21N3O/c1-2-3-6-12-24-17-10-7-9-15(13-17)19-21-20-18-11-5-4-8-16(18)14-23(20)22-19/h4-5,7-11,13H,2-3,6,12,14H2,1H3. The van der Waals surface area contributed by atoms with E-state index < -0.39 is 0 Å². The summed E-state index contributed by atoms with van der Waals surface area (Å²) < 4.78 is 7.82. The molecule has 3 aromatic rings. The lowest BCUT2D eigenvalue weighted by atomic mass is 10.1. The smallest absolute Gasteiger partial charge is 0.181 e. The Labute approximate surface area is 142 Å². The van der Waals surface area contributed by atoms with Crippen molar-refractivity contribution in [2.24, 2.45) is 0 Å². The molecule has 0 atom stereocenters. The normalized spacial score (nSPS) is 12.0. The van der Waals surface area contributed by atoms with Crippen molar-refractivity contribution in [1.29, 1.82) is 0 Å². The largest absolute Gasteiger partial charge is 0.494 e. The second-order valence-electron chi connectivity index (χ2n) is 6.16. The van der Waals surface area contributed by atoms with Crippen LogP contribution in [0.4, 0.5) is 0 Å². The second-order valence-corrected chi connectivity index (χ2v) is 6.16. The van der Waals surface area contributed by atoms with E-state index in [-0.39, 0.29) is 0 Å². The lowest BCUT2D eigenvalue weighted by Gasteiger charge is -2.06. The Morgan fingerprint density at radius 3 is 2.92 bits per heavy atom. The summed E-state index contributed by atoms with van der Waals surface area (Å²) >= 11 is 0. The second kappa shape index (κ2) is 6.48. The first kappa shape index (κ1) is 14.9. The van der Waals surface area contributed by atoms with E-state index in [1.165, 1.54) is 24.0 Å². The van der Waals surface area contributed by atoms with Crippen molar-refractivity contribution in [1.82, 2.24) is 14.8 Å². The zero-order valence-electron chi connectivity index (χ0n) is 13.9. The van der Waals surface area contributed by atoms with E-state index in [0.29, 0.717) is 0 Å². The summed E-state index contributed by atoms with van der Waals surface area (Å²) in [5.74, 6) is 2.60. The summed E-state index contributed by atoms with van der Waals surface area (Å²) in [5, 5.41) is 4.68. The molecule has 122 valence electrons. The minimum atomic E-state index is 0.762. The molecule has 0 aliphatic carbocycles. The molecule has 24 heavy (non-hydrogen) atoms. The Morgan fingerprint density at radius 1 is 1.08 bits per heavy atom. The molecule has 0 spiro atoms. The van der Waals surface area contributed by atoms with E-state index in [0.717, 1.165) is 42.5 Å². The maximum absolute atomic E-state index is 5.84. The van der Waals surface area contributed by atoms with Crippen LogP contribution in [0.1, 0.15) is 31.7 Å². The molecule has 0 saturated heterocycles. The van der Waals surface area contributed by atoms with Gasteiger partial charge in [0, 0.05) is 11.1 Å². The maximum Gasteiger partial charge on any atom is 0.181 e. The monoisotopic (exact) mass is 319 g/mol. The molecule has 2 heterocycles. The van der Waals surface area contributed by atoms with Crippen LogP contribution in [0, 0.1) is 0 Å². The summed E-state index contributed by atoms with van der Waals surface area (Å²) in [4.78, 5) is 4.75. The first-order chi connectivity index (χ1) is 11.8. The van der Waals surface area contributed by atoms with E-state index >= 15 is 0 Å². The van der Waals surface area contributed by atoms with Crippen LogP contribution in [0.15, 0.2) is 48.5 Å². The van der Waals surface area contributed by atoms with E-state index in [1.54, 1.807) is 0 Å². The Balaban J connectivity index is 1.56. The summed E-state index contributed by atoms with van der Waals surface area (Å²) in [5.41, 5.74) is 3.47. The predicted octanol–water partition coefficient (Wildman–Crippen LogP) is 4.54. The van der Waals surface area contributed by atoms with Crippen molar-refractivity contribution < 1.29 is 4.74 Å². The van der Waals surface area contributed by atoms with Crippen molar-refractivity contribution in [2.45, 2.75) is 32.7 Å². The molecule has 2 aromatic carbocycles. The molecule has 0 unspecified atom stereocenters. The summed E-state index contributed by atoms with van der Waals surface area (Å²) in [7, 11) is 0. The van der Waals surface area contributed by atoms with Gasteiger partial charge in [-0.15, -0.1) is 0 Å². The highest BCUT2D eigenvalue weighted by molar-refractivity contribution is 5.68. The topological polar surface area (TPSA) is 39.9 Å². The molecule has 4 heteroatoms. The van der Waals surface area contributed by atoms with E-state index in [2.05, 4.69) is 30.2 Å². The third-order valence-electron chi connectivity index (χ3n) is 4.36. The summed E-state index contributed by atoms with van der Waals surface area (Å²) in [6.07, 6.45) is 3.50. The Kier molecular flexibility index (Phi) is 4.03. The fraction of sp³-hybridized carbons (Fsp3) is 0.300. The number of nitrogens with zero attached hydrogens (tertiary/aromatic N) is 3. The van der Waals surface area contributed by atoms with Crippen LogP contribution in [0.25, 0.3) is 22.8 Å². The molecule has 1 aromatic heterocycles. The number of rotatable bonds is 6. The molecule has 0 fully saturated rings. The Bertz CT molecular complexity index is 854. The molecule has 4 nitrogen and oxygen atoms in total. The number of hydrogen-bond acceptors (Lipinski definition) is 3. The molecule has 0 radical (unpaired) electrons. The first-order valence-electron chi connectivity index (χ1n) is 8.61. The average Bonchev–Trinajstić information content (AvgIpc) is 3.17. The number of aromatic nitrogens is 3. The van der Waals surface area contributed by atoms with Gasteiger partial charge in [-0.25, -0.2) is 9.67 Å². The van der Waals surface area contributed by atoms with Gasteiger partial charge in [0.05, 0.1) is 13.2 Å². The van der Waals surface area contributed by atoms with Gasteiger partial charge < -0.3 is 4.74 Å². The zero-order chi connectivity index (χ0) is 16.4. The molecule has 1 aliphatic heterocycles. The molecule has 0 amide bonds. The van der Waals surface area contributed by atoms with E-state index in [1.807, 2.05) is 35.0 Å². The van der Waals surface area contributed by atoms with Gasteiger partial charge in [-0.2, -0.15) is 5.10 Å². The van der Waals surface area contributed by atoms with Gasteiger partial charge in [0.2, 0.25) is 0 Å². The van der Waals surface area contributed by atoms with E-state index in [9.17, 15) is 0 Å². The zero-order valence-corrected chi connectivity index (χ0v) is 13.9. The van der Waals surface area contributed by atoms with Crippen LogP contribution in [0.3, 0.4) is 0 Å². The SMILES string of the molecule is CCCCCOc1cccc(-c2nc3n(n2)Cc2ccccc2-3)c1. The van der Waals surface area contributed by atoms with Crippen LogP contribution in [0.2, 0.25) is 0 Å². The fourth-order valence-electron chi connectivity index (χ4n) is 3.08. The summed E-state index contributed by atoms with van der Waals surface area (Å²) in [6.45, 7) is 3.76. The lowest BCUT2D eigenvalue weighted by Crippen LogP contribution is -1.97. The fourth-order valence-corrected chi connectivity index (χ4v) is 3.08. The third-order valence-corrected chi connectivity index (χ3v) is 4.36. The van der Waals surface area contributed by atoms with Crippen molar-refractivity contribution >= 4 is 0 Å². The highest BCUT2D eigenvalue weighted by atomic mass is 16.5. The van der Waals surface area contributed by atoms with Gasteiger partial charge in [-0.05, 0) is 24.1 Å². The quantitative estimate of drug-likeness (QED) is 0.490. The van der Waals surface area contributed by atoms with Crippen molar-refractivity contribution in [3.8, 4) is 28.5 Å². The third kappa shape index (κ3) is 2.80. The molecule has 4 rings (SSSR count). The van der Waals surface area contributed by atoms with Crippen molar-refractivity contribution in [3.05, 3.63) is 54.1 Å². The van der Waals surface area contributed by atoms with E-state index in [4.69, 9.17) is 9.72 Å². The van der Waals surface area contributed by atoms with Crippen LogP contribution in [0.5, 0.6) is 5.75 Å². The van der Waals surface area contributed by atoms with Gasteiger partial charge in [0.1, 0.15) is 5.75 Å². The Morgan fingerprint density at radius 2 is 2.00 bits per heavy atom. The average molecular weight is 319 g/mol. The van der Waals surface area contributed by atoms with Gasteiger partial charge >= 0.3 is 0 Å². The molecular weight excluding hydrogens is 298 g/mol. The molecule has 0 saturated carbocycles. The maximum atomic E-state index is 5.84. The number of ether oxygens (including phenoxy) is 1. The number of benzene rings is 2. The first-order valence-corrected chi connectivity index (χ1v) is 8.61. The number of hydrogen-bond donors (Lipinski definition) is 0. The molecule has 0 N–H and O–H groups in total. The lowest BCUT2D eigenvalue weighted by molar-refractivity contribution is 0.306. The predicted molar refractivity (Wildman–Crippen MR) is 95.0 cm³/mol. The number of unbranched alkanes of at least 4 members (excludes halogenated alkanes) is 2. The van der Waals surface area contributed by atoms with Gasteiger partial charge in [-0.3, -0.25) is 0 Å². The van der Waals surface area contributed by atoms with Gasteiger partial charge in [0.15, 0.2) is 11.6 Å². The van der Waals surface area contributed by atoms with Crippen LogP contribution < -0.4 is 4.74 Å². The highest BCUT2D eigenvalue weighted by Crippen LogP contribution is 2.32. The van der Waals surface area contributed by atoms with Gasteiger partial charge in [-0.1, -0.05) is 56.2 Å². The van der Waals surface area contributed by atoms with Crippen molar-refractivity contribution in [3.63, 3.8) is 0 Å². The van der Waals surface area contributed by atoms with Gasteiger partial charge in [0.25, 0.3) is 0 Å². The molecular formula is C20H21N3O.